The number of nitrogens with two attached hydrogens (primary N) is 1. The van der Waals surface area contributed by atoms with Crippen molar-refractivity contribution in [3.63, 3.8) is 0 Å². The van der Waals surface area contributed by atoms with Crippen molar-refractivity contribution in [3.8, 4) is 11.5 Å². The summed E-state index contributed by atoms with van der Waals surface area (Å²) in [7, 11) is -3.54. The summed E-state index contributed by atoms with van der Waals surface area (Å²) in [5.41, 5.74) is 3.36. The van der Waals surface area contributed by atoms with Crippen LogP contribution in [0.4, 0.5) is 13.2 Å². The first-order valence-corrected chi connectivity index (χ1v) is 13.3. The largest absolute Gasteiger partial charge is 0.463 e. The molecule has 2 N–H and O–H groups in total. The molecule has 0 spiro atoms. The molecule has 10 nitrogen and oxygen atoms in total. The van der Waals surface area contributed by atoms with Crippen LogP contribution in [-0.4, -0.2) is 80.4 Å². The minimum absolute atomic E-state index is 0.0245. The Morgan fingerprint density at radius 3 is 2.50 bits per heavy atom. The SMILES string of the molecule is CCN(CC)CCOC(=O)CN=C(C(Br)=C(N)C(F)(F)F)c1nnc(-c2cccc(S(C)(=O)=O)c2)o1. The van der Waals surface area contributed by atoms with Gasteiger partial charge in [0.25, 0.3) is 5.89 Å². The highest BCUT2D eigenvalue weighted by Crippen LogP contribution is 2.30. The molecule has 0 saturated heterocycles. The lowest BCUT2D eigenvalue weighted by Crippen LogP contribution is -2.28. The molecule has 0 saturated carbocycles. The van der Waals surface area contributed by atoms with Crippen molar-refractivity contribution in [2.45, 2.75) is 24.9 Å². The van der Waals surface area contributed by atoms with E-state index in [9.17, 15) is 26.4 Å². The summed E-state index contributed by atoms with van der Waals surface area (Å²) in [5.74, 6) is -1.45. The van der Waals surface area contributed by atoms with Gasteiger partial charge in [-0.3, -0.25) is 9.79 Å². The van der Waals surface area contributed by atoms with Crippen molar-refractivity contribution in [3.05, 3.63) is 40.3 Å². The van der Waals surface area contributed by atoms with Crippen LogP contribution in [0.15, 0.2) is 48.7 Å². The van der Waals surface area contributed by atoms with E-state index >= 15 is 0 Å². The number of aliphatic imine (C=N–C) groups is 1. The lowest BCUT2D eigenvalue weighted by molar-refractivity contribution is -0.142. The van der Waals surface area contributed by atoms with Crippen molar-refractivity contribution in [2.24, 2.45) is 10.7 Å². The summed E-state index contributed by atoms with van der Waals surface area (Å²) in [5, 5.41) is 7.48. The third-order valence-electron chi connectivity index (χ3n) is 4.82. The maximum absolute atomic E-state index is 13.2. The zero-order chi connectivity index (χ0) is 27.1. The van der Waals surface area contributed by atoms with Crippen molar-refractivity contribution in [2.75, 3.05) is 39.0 Å². The van der Waals surface area contributed by atoms with Gasteiger partial charge in [-0.05, 0) is 47.2 Å². The van der Waals surface area contributed by atoms with Crippen LogP contribution in [-0.2, 0) is 19.4 Å². The Balaban J connectivity index is 2.37. The van der Waals surface area contributed by atoms with E-state index < -0.39 is 50.3 Å². The molecule has 0 aliphatic rings. The third kappa shape index (κ3) is 8.13. The first-order chi connectivity index (χ1) is 16.8. The quantitative estimate of drug-likeness (QED) is 0.306. The molecule has 0 aliphatic heterocycles. The van der Waals surface area contributed by atoms with Crippen LogP contribution in [0, 0.1) is 0 Å². The second-order valence-electron chi connectivity index (χ2n) is 7.35. The highest BCUT2D eigenvalue weighted by Gasteiger charge is 2.36. The van der Waals surface area contributed by atoms with Gasteiger partial charge in [-0.2, -0.15) is 13.2 Å². The number of carbonyl (C=O) groups is 1. The van der Waals surface area contributed by atoms with Gasteiger partial charge < -0.3 is 19.8 Å². The van der Waals surface area contributed by atoms with E-state index in [1.165, 1.54) is 24.3 Å². The van der Waals surface area contributed by atoms with Crippen LogP contribution in [0.1, 0.15) is 19.7 Å². The number of ether oxygens (including phenoxy) is 1. The second-order valence-corrected chi connectivity index (χ2v) is 10.2. The second kappa shape index (κ2) is 12.5. The number of hydrogen-bond donors (Lipinski definition) is 1. The number of likely N-dealkylation sites (N-methyl/N-ethyl adjacent to an activating group) is 1. The highest BCUT2D eigenvalue weighted by molar-refractivity contribution is 9.12. The molecule has 2 aromatic rings. The Hall–Kier alpha value is -2.78. The number of rotatable bonds is 11. The van der Waals surface area contributed by atoms with Gasteiger partial charge in [0.05, 0.1) is 9.38 Å². The van der Waals surface area contributed by atoms with Crippen LogP contribution < -0.4 is 5.73 Å². The molecule has 198 valence electrons. The normalized spacial score (nSPS) is 13.6. The number of carbonyl (C=O) groups excluding carboxylic acids is 1. The summed E-state index contributed by atoms with van der Waals surface area (Å²) in [6.45, 7) is 5.34. The van der Waals surface area contributed by atoms with Crippen LogP contribution in [0.2, 0.25) is 0 Å². The van der Waals surface area contributed by atoms with E-state index in [0.717, 1.165) is 19.3 Å². The van der Waals surface area contributed by atoms with Gasteiger partial charge in [-0.25, -0.2) is 8.42 Å². The first kappa shape index (κ1) is 29.5. The van der Waals surface area contributed by atoms with Gasteiger partial charge in [-0.1, -0.05) is 19.9 Å². The third-order valence-corrected chi connectivity index (χ3v) is 6.73. The fourth-order valence-corrected chi connectivity index (χ4v) is 3.98. The van der Waals surface area contributed by atoms with E-state index in [0.29, 0.717) is 6.54 Å². The van der Waals surface area contributed by atoms with Gasteiger partial charge in [0.15, 0.2) is 9.84 Å². The molecule has 0 unspecified atom stereocenters. The van der Waals surface area contributed by atoms with Gasteiger partial charge >= 0.3 is 12.1 Å². The van der Waals surface area contributed by atoms with Crippen molar-refractivity contribution < 1.29 is 35.5 Å². The molecular formula is C21H25BrF3N5O5S. The van der Waals surface area contributed by atoms with Crippen molar-refractivity contribution in [1.29, 1.82) is 0 Å². The van der Waals surface area contributed by atoms with E-state index in [2.05, 4.69) is 31.1 Å². The maximum atomic E-state index is 13.2. The molecule has 1 aromatic heterocycles. The maximum Gasteiger partial charge on any atom is 0.431 e. The molecule has 0 amide bonds. The number of benzene rings is 1. The molecule has 0 aliphatic carbocycles. The number of hydrogen-bond acceptors (Lipinski definition) is 10. The fraction of sp³-hybridized carbons (Fsp3) is 0.429. The standard InChI is InChI=1S/C21H25BrF3N5O5S/c1-4-30(5-2)9-10-34-15(31)12-27-17(16(22)18(26)21(23,24)25)20-29-28-19(35-20)13-7-6-8-14(11-13)36(3,32)33/h6-8,11H,4-5,9-10,12,26H2,1-3H3. The number of aromatic nitrogens is 2. The summed E-state index contributed by atoms with van der Waals surface area (Å²) in [4.78, 5) is 18.0. The number of esters is 1. The summed E-state index contributed by atoms with van der Waals surface area (Å²) in [6, 6.07) is 5.55. The summed E-state index contributed by atoms with van der Waals surface area (Å²) in [6.07, 6.45) is -3.91. The Bertz CT molecular complexity index is 1240. The minimum atomic E-state index is -4.92. The molecule has 1 aromatic carbocycles. The van der Waals surface area contributed by atoms with E-state index in [-0.39, 0.29) is 23.0 Å². The topological polar surface area (TPSA) is 141 Å². The molecule has 0 radical (unpaired) electrons. The Kier molecular flexibility index (Phi) is 10.2. The Labute approximate surface area is 214 Å². The van der Waals surface area contributed by atoms with Gasteiger partial charge in [0.2, 0.25) is 5.89 Å². The number of alkyl halides is 3. The molecule has 36 heavy (non-hydrogen) atoms. The average Bonchev–Trinajstić information content (AvgIpc) is 3.30. The molecule has 0 atom stereocenters. The average molecular weight is 596 g/mol. The number of allylic oxidation sites excluding steroid dienone is 2. The predicted molar refractivity (Wildman–Crippen MR) is 129 cm³/mol. The summed E-state index contributed by atoms with van der Waals surface area (Å²) < 4.78 is 73.1. The Morgan fingerprint density at radius 2 is 1.92 bits per heavy atom. The number of nitrogens with zero attached hydrogens (tertiary/aromatic N) is 4. The highest BCUT2D eigenvalue weighted by atomic mass is 79.9. The zero-order valence-electron chi connectivity index (χ0n) is 19.7. The van der Waals surface area contributed by atoms with E-state index in [1.54, 1.807) is 0 Å². The molecule has 2 rings (SSSR count). The van der Waals surface area contributed by atoms with E-state index in [4.69, 9.17) is 14.9 Å². The van der Waals surface area contributed by atoms with Gasteiger partial charge in [-0.15, -0.1) is 10.2 Å². The minimum Gasteiger partial charge on any atom is -0.463 e. The van der Waals surface area contributed by atoms with Crippen LogP contribution in [0.3, 0.4) is 0 Å². The molecular weight excluding hydrogens is 571 g/mol. The van der Waals surface area contributed by atoms with Crippen LogP contribution in [0.5, 0.6) is 0 Å². The van der Waals surface area contributed by atoms with Crippen molar-refractivity contribution >= 4 is 37.4 Å². The molecule has 15 heteroatoms. The number of halogens is 4. The summed E-state index contributed by atoms with van der Waals surface area (Å²) >= 11 is 2.76. The van der Waals surface area contributed by atoms with Crippen molar-refractivity contribution in [1.82, 2.24) is 15.1 Å². The number of sulfone groups is 1. The first-order valence-electron chi connectivity index (χ1n) is 10.6. The molecule has 1 heterocycles. The monoisotopic (exact) mass is 595 g/mol. The molecule has 0 fully saturated rings. The van der Waals surface area contributed by atoms with E-state index in [1.807, 2.05) is 18.7 Å². The predicted octanol–water partition coefficient (Wildman–Crippen LogP) is 2.94. The van der Waals surface area contributed by atoms with Crippen LogP contribution >= 0.6 is 15.9 Å². The Morgan fingerprint density at radius 1 is 1.25 bits per heavy atom. The fourth-order valence-electron chi connectivity index (χ4n) is 2.80. The smallest absolute Gasteiger partial charge is 0.431 e. The lowest BCUT2D eigenvalue weighted by Gasteiger charge is -2.17. The molecule has 0 bridgehead atoms. The van der Waals surface area contributed by atoms with Crippen LogP contribution in [0.25, 0.3) is 11.5 Å². The lowest BCUT2D eigenvalue weighted by atomic mass is 10.2. The van der Waals surface area contributed by atoms with Gasteiger partial charge in [0, 0.05) is 18.4 Å². The van der Waals surface area contributed by atoms with Gasteiger partial charge in [0.1, 0.15) is 24.6 Å². The zero-order valence-corrected chi connectivity index (χ0v) is 22.1.